The van der Waals surface area contributed by atoms with Crippen LogP contribution in [0, 0.1) is 0 Å². The molecule has 2 aromatic rings. The average Bonchev–Trinajstić information content (AvgIpc) is 2.63. The van der Waals surface area contributed by atoms with Crippen LogP contribution in [0.25, 0.3) is 0 Å². The third-order valence-corrected chi connectivity index (χ3v) is 4.60. The highest BCUT2D eigenvalue weighted by Gasteiger charge is 2.22. The molecule has 1 saturated heterocycles. The molecule has 1 aliphatic rings. The van der Waals surface area contributed by atoms with Gasteiger partial charge in [-0.05, 0) is 23.6 Å². The fraction of sp³-hybridized carbons (Fsp3) is 0.350. The Bertz CT molecular complexity index is 619. The first-order valence-electron chi connectivity index (χ1n) is 8.37. The van der Waals surface area contributed by atoms with Gasteiger partial charge in [0.1, 0.15) is 0 Å². The summed E-state index contributed by atoms with van der Waals surface area (Å²) in [5.41, 5.74) is 2.49. The summed E-state index contributed by atoms with van der Waals surface area (Å²) in [4.78, 5) is 16.9. The van der Waals surface area contributed by atoms with Gasteiger partial charge in [-0.25, -0.2) is 0 Å². The summed E-state index contributed by atoms with van der Waals surface area (Å²) in [5.74, 6) is 0.546. The van der Waals surface area contributed by atoms with Gasteiger partial charge in [0.25, 0.3) is 0 Å². The summed E-state index contributed by atoms with van der Waals surface area (Å²) < 4.78 is 0. The van der Waals surface area contributed by atoms with Crippen LogP contribution in [0.3, 0.4) is 0 Å². The molecule has 0 bridgehead atoms. The van der Waals surface area contributed by atoms with Crippen molar-refractivity contribution < 1.29 is 4.79 Å². The SMILES string of the molecule is C[C@H](CC(=O)N1CCN(c2ccccc2)CC1)c1ccccc1. The number of carbonyl (C=O) groups excluding carboxylic acids is 1. The first kappa shape index (κ1) is 15.6. The Morgan fingerprint density at radius 2 is 1.48 bits per heavy atom. The van der Waals surface area contributed by atoms with Crippen LogP contribution in [0.1, 0.15) is 24.8 Å². The molecule has 1 aliphatic heterocycles. The van der Waals surface area contributed by atoms with E-state index in [9.17, 15) is 4.79 Å². The maximum absolute atomic E-state index is 12.5. The number of anilines is 1. The number of para-hydroxylation sites is 1. The zero-order chi connectivity index (χ0) is 16.1. The van der Waals surface area contributed by atoms with Crippen LogP contribution in [-0.2, 0) is 4.79 Å². The van der Waals surface area contributed by atoms with Crippen LogP contribution in [0.4, 0.5) is 5.69 Å². The molecule has 1 fully saturated rings. The number of piperazine rings is 1. The second-order valence-electron chi connectivity index (χ2n) is 6.22. The lowest BCUT2D eigenvalue weighted by Crippen LogP contribution is -2.49. The quantitative estimate of drug-likeness (QED) is 0.862. The van der Waals surface area contributed by atoms with Gasteiger partial charge in [0, 0.05) is 38.3 Å². The van der Waals surface area contributed by atoms with E-state index in [1.54, 1.807) is 0 Å². The van der Waals surface area contributed by atoms with Gasteiger partial charge in [-0.2, -0.15) is 0 Å². The van der Waals surface area contributed by atoms with Crippen LogP contribution in [0.5, 0.6) is 0 Å². The lowest BCUT2D eigenvalue weighted by molar-refractivity contribution is -0.131. The van der Waals surface area contributed by atoms with E-state index >= 15 is 0 Å². The number of benzene rings is 2. The van der Waals surface area contributed by atoms with Crippen LogP contribution in [-0.4, -0.2) is 37.0 Å². The molecular formula is C20H24N2O. The maximum Gasteiger partial charge on any atom is 0.223 e. The van der Waals surface area contributed by atoms with Crippen LogP contribution < -0.4 is 4.90 Å². The summed E-state index contributed by atoms with van der Waals surface area (Å²) >= 11 is 0. The lowest BCUT2D eigenvalue weighted by Gasteiger charge is -2.36. The van der Waals surface area contributed by atoms with E-state index in [-0.39, 0.29) is 11.8 Å². The van der Waals surface area contributed by atoms with Gasteiger partial charge in [0.15, 0.2) is 0 Å². The van der Waals surface area contributed by atoms with Gasteiger partial charge in [-0.1, -0.05) is 55.5 Å². The molecule has 3 nitrogen and oxygen atoms in total. The van der Waals surface area contributed by atoms with E-state index in [4.69, 9.17) is 0 Å². The summed E-state index contributed by atoms with van der Waals surface area (Å²) in [6, 6.07) is 20.7. The first-order chi connectivity index (χ1) is 11.2. The monoisotopic (exact) mass is 308 g/mol. The minimum Gasteiger partial charge on any atom is -0.368 e. The smallest absolute Gasteiger partial charge is 0.223 e. The number of hydrogen-bond donors (Lipinski definition) is 0. The highest BCUT2D eigenvalue weighted by atomic mass is 16.2. The van der Waals surface area contributed by atoms with Crippen molar-refractivity contribution in [1.82, 2.24) is 4.90 Å². The molecule has 1 heterocycles. The largest absolute Gasteiger partial charge is 0.368 e. The molecule has 0 N–H and O–H groups in total. The number of amides is 1. The molecular weight excluding hydrogens is 284 g/mol. The lowest BCUT2D eigenvalue weighted by atomic mass is 9.97. The number of hydrogen-bond acceptors (Lipinski definition) is 2. The van der Waals surface area contributed by atoms with E-state index in [0.717, 1.165) is 26.2 Å². The standard InChI is InChI=1S/C20H24N2O/c1-17(18-8-4-2-5-9-18)16-20(23)22-14-12-21(13-15-22)19-10-6-3-7-11-19/h2-11,17H,12-16H2,1H3/t17-/m1/s1. The molecule has 0 aromatic heterocycles. The highest BCUT2D eigenvalue weighted by Crippen LogP contribution is 2.21. The summed E-state index contributed by atoms with van der Waals surface area (Å²) in [5, 5.41) is 0. The van der Waals surface area contributed by atoms with Crippen LogP contribution >= 0.6 is 0 Å². The molecule has 2 aromatic carbocycles. The zero-order valence-corrected chi connectivity index (χ0v) is 13.7. The normalized spacial score (nSPS) is 16.2. The zero-order valence-electron chi connectivity index (χ0n) is 13.7. The molecule has 1 amide bonds. The molecule has 23 heavy (non-hydrogen) atoms. The first-order valence-corrected chi connectivity index (χ1v) is 8.37. The molecule has 3 rings (SSSR count). The van der Waals surface area contributed by atoms with E-state index in [1.807, 2.05) is 29.2 Å². The van der Waals surface area contributed by atoms with E-state index < -0.39 is 0 Å². The van der Waals surface area contributed by atoms with Crippen LogP contribution in [0.15, 0.2) is 60.7 Å². The Hall–Kier alpha value is -2.29. The molecule has 0 saturated carbocycles. The molecule has 0 unspecified atom stereocenters. The van der Waals surface area contributed by atoms with Crippen molar-refractivity contribution in [3.8, 4) is 0 Å². The predicted octanol–water partition coefficient (Wildman–Crippen LogP) is 3.53. The Kier molecular flexibility index (Phi) is 4.96. The van der Waals surface area contributed by atoms with Crippen molar-refractivity contribution in [2.24, 2.45) is 0 Å². The fourth-order valence-corrected chi connectivity index (χ4v) is 3.14. The summed E-state index contributed by atoms with van der Waals surface area (Å²) in [6.07, 6.45) is 0.593. The van der Waals surface area contributed by atoms with Crippen molar-refractivity contribution in [2.45, 2.75) is 19.3 Å². The molecule has 3 heteroatoms. The van der Waals surface area contributed by atoms with Crippen molar-refractivity contribution in [2.75, 3.05) is 31.1 Å². The Labute approximate surface area is 138 Å². The molecule has 0 radical (unpaired) electrons. The highest BCUT2D eigenvalue weighted by molar-refractivity contribution is 5.77. The van der Waals surface area contributed by atoms with Crippen molar-refractivity contribution in [3.63, 3.8) is 0 Å². The molecule has 120 valence electrons. The minimum atomic E-state index is 0.272. The summed E-state index contributed by atoms with van der Waals surface area (Å²) in [7, 11) is 0. The Balaban J connectivity index is 1.52. The van der Waals surface area contributed by atoms with Crippen molar-refractivity contribution in [1.29, 1.82) is 0 Å². The van der Waals surface area contributed by atoms with E-state index in [0.29, 0.717) is 6.42 Å². The van der Waals surface area contributed by atoms with Crippen LogP contribution in [0.2, 0.25) is 0 Å². The van der Waals surface area contributed by atoms with E-state index in [2.05, 4.69) is 48.2 Å². The van der Waals surface area contributed by atoms with E-state index in [1.165, 1.54) is 11.3 Å². The van der Waals surface area contributed by atoms with Gasteiger partial charge in [0.05, 0.1) is 0 Å². The molecule has 0 spiro atoms. The number of carbonyl (C=O) groups is 1. The predicted molar refractivity (Wildman–Crippen MR) is 94.7 cm³/mol. The number of rotatable bonds is 4. The Morgan fingerprint density at radius 1 is 0.913 bits per heavy atom. The molecule has 1 atom stereocenters. The average molecular weight is 308 g/mol. The second-order valence-corrected chi connectivity index (χ2v) is 6.22. The second kappa shape index (κ2) is 7.32. The minimum absolute atomic E-state index is 0.272. The van der Waals surface area contributed by atoms with Crippen molar-refractivity contribution >= 4 is 11.6 Å². The third-order valence-electron chi connectivity index (χ3n) is 4.60. The van der Waals surface area contributed by atoms with Gasteiger partial charge < -0.3 is 9.80 Å². The third kappa shape index (κ3) is 3.92. The van der Waals surface area contributed by atoms with Gasteiger partial charge in [0.2, 0.25) is 5.91 Å². The van der Waals surface area contributed by atoms with Gasteiger partial charge >= 0.3 is 0 Å². The van der Waals surface area contributed by atoms with Gasteiger partial charge in [-0.3, -0.25) is 4.79 Å². The summed E-state index contributed by atoms with van der Waals surface area (Å²) in [6.45, 7) is 5.59. The van der Waals surface area contributed by atoms with Crippen molar-refractivity contribution in [3.05, 3.63) is 66.2 Å². The maximum atomic E-state index is 12.5. The Morgan fingerprint density at radius 3 is 2.09 bits per heavy atom. The fourth-order valence-electron chi connectivity index (χ4n) is 3.14. The molecule has 0 aliphatic carbocycles. The topological polar surface area (TPSA) is 23.6 Å². The number of nitrogens with zero attached hydrogens (tertiary/aromatic N) is 2. The van der Waals surface area contributed by atoms with Gasteiger partial charge in [-0.15, -0.1) is 0 Å².